The Morgan fingerprint density at radius 2 is 2.14 bits per heavy atom. The summed E-state index contributed by atoms with van der Waals surface area (Å²) in [5, 5.41) is 3.65. The highest BCUT2D eigenvalue weighted by Crippen LogP contribution is 2.32. The van der Waals surface area contributed by atoms with Gasteiger partial charge in [0.1, 0.15) is 5.75 Å². The van der Waals surface area contributed by atoms with Gasteiger partial charge in [0.2, 0.25) is 0 Å². The van der Waals surface area contributed by atoms with Crippen LogP contribution in [0.15, 0.2) is 24.3 Å². The van der Waals surface area contributed by atoms with Crippen molar-refractivity contribution in [3.05, 3.63) is 29.3 Å². The summed E-state index contributed by atoms with van der Waals surface area (Å²) in [7, 11) is 0. The van der Waals surface area contributed by atoms with Gasteiger partial charge in [0.05, 0.1) is 5.54 Å². The van der Waals surface area contributed by atoms with Gasteiger partial charge in [0, 0.05) is 10.9 Å². The Bertz CT molecular complexity index is 485. The van der Waals surface area contributed by atoms with Crippen LogP contribution in [-0.4, -0.2) is 23.9 Å². The van der Waals surface area contributed by atoms with Crippen molar-refractivity contribution in [1.82, 2.24) is 5.32 Å². The molecule has 0 heterocycles. The summed E-state index contributed by atoms with van der Waals surface area (Å²) in [5.41, 5.74) is -0.275. The summed E-state index contributed by atoms with van der Waals surface area (Å²) in [6, 6.07) is 7.02. The Labute approximate surface area is 136 Å². The molecule has 5 heteroatoms. The molecule has 116 valence electrons. The molecule has 0 bridgehead atoms. The van der Waals surface area contributed by atoms with E-state index in [0.717, 1.165) is 25.7 Å². The second-order valence-electron chi connectivity index (χ2n) is 5.89. The van der Waals surface area contributed by atoms with Crippen molar-refractivity contribution in [1.29, 1.82) is 0 Å². The maximum atomic E-state index is 12.1. The van der Waals surface area contributed by atoms with Crippen molar-refractivity contribution in [2.75, 3.05) is 12.5 Å². The van der Waals surface area contributed by atoms with Crippen LogP contribution in [0.1, 0.15) is 32.6 Å². The van der Waals surface area contributed by atoms with Crippen LogP contribution in [0, 0.1) is 5.92 Å². The minimum absolute atomic E-state index is 0.0193. The van der Waals surface area contributed by atoms with E-state index in [1.54, 1.807) is 24.3 Å². The van der Waals surface area contributed by atoms with E-state index in [1.165, 1.54) is 0 Å². The fourth-order valence-corrected chi connectivity index (χ4v) is 3.16. The monoisotopic (exact) mass is 329 g/mol. The molecule has 0 spiro atoms. The van der Waals surface area contributed by atoms with Crippen LogP contribution in [0.4, 0.5) is 0 Å². The molecule has 1 saturated carbocycles. The number of halogens is 2. The number of benzene rings is 1. The number of hydrogen-bond donors (Lipinski definition) is 1. The maximum Gasteiger partial charge on any atom is 0.258 e. The van der Waals surface area contributed by atoms with Crippen LogP contribution in [0.25, 0.3) is 0 Å². The first-order valence-corrected chi connectivity index (χ1v) is 8.20. The van der Waals surface area contributed by atoms with Crippen molar-refractivity contribution in [2.24, 2.45) is 5.92 Å². The molecule has 0 atom stereocenters. The second-order valence-corrected chi connectivity index (χ2v) is 6.59. The van der Waals surface area contributed by atoms with Gasteiger partial charge in [-0.2, -0.15) is 0 Å². The topological polar surface area (TPSA) is 38.3 Å². The van der Waals surface area contributed by atoms with Crippen molar-refractivity contribution in [2.45, 2.75) is 38.1 Å². The van der Waals surface area contributed by atoms with Crippen molar-refractivity contribution in [3.8, 4) is 5.75 Å². The Morgan fingerprint density at radius 1 is 1.43 bits per heavy atom. The minimum Gasteiger partial charge on any atom is -0.484 e. The van der Waals surface area contributed by atoms with E-state index in [-0.39, 0.29) is 18.1 Å². The van der Waals surface area contributed by atoms with Gasteiger partial charge >= 0.3 is 0 Å². The normalized spacial score (nSPS) is 25.4. The SMILES string of the molecule is CC1CCC(CCl)(NC(=O)COc2cccc(Cl)c2)CC1. The summed E-state index contributed by atoms with van der Waals surface area (Å²) in [4.78, 5) is 12.1. The Balaban J connectivity index is 1.86. The van der Waals surface area contributed by atoms with Crippen molar-refractivity contribution < 1.29 is 9.53 Å². The van der Waals surface area contributed by atoms with Gasteiger partial charge in [0.25, 0.3) is 5.91 Å². The van der Waals surface area contributed by atoms with Crippen molar-refractivity contribution >= 4 is 29.1 Å². The molecule has 1 aromatic carbocycles. The predicted molar refractivity (Wildman–Crippen MR) is 86.2 cm³/mol. The van der Waals surface area contributed by atoms with Gasteiger partial charge < -0.3 is 10.1 Å². The van der Waals surface area contributed by atoms with Crippen LogP contribution in [-0.2, 0) is 4.79 Å². The lowest BCUT2D eigenvalue weighted by molar-refractivity contribution is -0.125. The summed E-state index contributed by atoms with van der Waals surface area (Å²) in [6.45, 7) is 2.22. The van der Waals surface area contributed by atoms with E-state index in [2.05, 4.69) is 12.2 Å². The molecule has 3 nitrogen and oxygen atoms in total. The standard InChI is InChI=1S/C16H21Cl2NO2/c1-12-5-7-16(11-17,8-6-12)19-15(20)10-21-14-4-2-3-13(18)9-14/h2-4,9,12H,5-8,10-11H2,1H3,(H,19,20). The van der Waals surface area contributed by atoms with Gasteiger partial charge in [-0.1, -0.05) is 24.6 Å². The zero-order chi connectivity index (χ0) is 15.3. The Kier molecular flexibility index (Phi) is 5.77. The number of hydrogen-bond acceptors (Lipinski definition) is 2. The molecule has 1 N–H and O–H groups in total. The van der Waals surface area contributed by atoms with Crippen LogP contribution < -0.4 is 10.1 Å². The van der Waals surface area contributed by atoms with Gasteiger partial charge in [-0.15, -0.1) is 11.6 Å². The third kappa shape index (κ3) is 4.79. The Hall–Kier alpha value is -0.930. The Morgan fingerprint density at radius 3 is 2.76 bits per heavy atom. The number of ether oxygens (including phenoxy) is 1. The van der Waals surface area contributed by atoms with Gasteiger partial charge in [-0.05, 0) is 49.8 Å². The third-order valence-corrected chi connectivity index (χ3v) is 4.80. The molecule has 2 rings (SSSR count). The lowest BCUT2D eigenvalue weighted by Crippen LogP contribution is -2.53. The number of rotatable bonds is 5. The summed E-state index contributed by atoms with van der Waals surface area (Å²) < 4.78 is 5.46. The number of alkyl halides is 1. The van der Waals surface area contributed by atoms with Crippen LogP contribution >= 0.6 is 23.2 Å². The largest absolute Gasteiger partial charge is 0.484 e. The van der Waals surface area contributed by atoms with E-state index < -0.39 is 0 Å². The maximum absolute atomic E-state index is 12.1. The predicted octanol–water partition coefficient (Wildman–Crippen LogP) is 4.02. The molecular weight excluding hydrogens is 309 g/mol. The zero-order valence-electron chi connectivity index (χ0n) is 12.2. The van der Waals surface area contributed by atoms with Crippen LogP contribution in [0.5, 0.6) is 5.75 Å². The van der Waals surface area contributed by atoms with Gasteiger partial charge in [0.15, 0.2) is 6.61 Å². The second kappa shape index (κ2) is 7.37. The number of amides is 1. The third-order valence-electron chi connectivity index (χ3n) is 4.06. The molecule has 0 unspecified atom stereocenters. The van der Waals surface area contributed by atoms with E-state index in [4.69, 9.17) is 27.9 Å². The molecule has 0 saturated heterocycles. The van der Waals surface area contributed by atoms with Crippen LogP contribution in [0.2, 0.25) is 5.02 Å². The molecule has 1 aliphatic rings. The molecule has 0 aliphatic heterocycles. The fraction of sp³-hybridized carbons (Fsp3) is 0.562. The highest BCUT2D eigenvalue weighted by atomic mass is 35.5. The van der Waals surface area contributed by atoms with E-state index >= 15 is 0 Å². The van der Waals surface area contributed by atoms with E-state index in [9.17, 15) is 4.79 Å². The minimum atomic E-state index is -0.275. The molecule has 0 aromatic heterocycles. The summed E-state index contributed by atoms with van der Waals surface area (Å²) >= 11 is 12.0. The zero-order valence-corrected chi connectivity index (χ0v) is 13.7. The van der Waals surface area contributed by atoms with E-state index in [1.807, 2.05) is 0 Å². The highest BCUT2D eigenvalue weighted by Gasteiger charge is 2.34. The van der Waals surface area contributed by atoms with Crippen molar-refractivity contribution in [3.63, 3.8) is 0 Å². The summed E-state index contributed by atoms with van der Waals surface area (Å²) in [5.74, 6) is 1.61. The molecule has 1 aromatic rings. The first kappa shape index (κ1) is 16.4. The molecule has 1 amide bonds. The fourth-order valence-electron chi connectivity index (χ4n) is 2.64. The molecule has 0 radical (unpaired) electrons. The lowest BCUT2D eigenvalue weighted by atomic mass is 9.78. The van der Waals surface area contributed by atoms with Crippen LogP contribution in [0.3, 0.4) is 0 Å². The molecular formula is C16H21Cl2NO2. The van der Waals surface area contributed by atoms with E-state index in [0.29, 0.717) is 22.6 Å². The number of carbonyl (C=O) groups is 1. The van der Waals surface area contributed by atoms with Gasteiger partial charge in [-0.25, -0.2) is 0 Å². The molecule has 1 fully saturated rings. The van der Waals surface area contributed by atoms with Gasteiger partial charge in [-0.3, -0.25) is 4.79 Å². The quantitative estimate of drug-likeness (QED) is 0.828. The summed E-state index contributed by atoms with van der Waals surface area (Å²) in [6.07, 6.45) is 4.06. The first-order valence-electron chi connectivity index (χ1n) is 7.28. The highest BCUT2D eigenvalue weighted by molar-refractivity contribution is 6.30. The average Bonchev–Trinajstić information content (AvgIpc) is 2.48. The smallest absolute Gasteiger partial charge is 0.258 e. The molecule has 21 heavy (non-hydrogen) atoms. The average molecular weight is 330 g/mol. The number of nitrogens with one attached hydrogen (secondary N) is 1. The lowest BCUT2D eigenvalue weighted by Gasteiger charge is -2.38. The number of carbonyl (C=O) groups excluding carboxylic acids is 1. The first-order chi connectivity index (χ1) is 10.0. The molecule has 1 aliphatic carbocycles.